The largest absolute Gasteiger partial charge is 0.354 e. The molecule has 1 aromatic rings. The van der Waals surface area contributed by atoms with Gasteiger partial charge >= 0.3 is 0 Å². The Kier molecular flexibility index (Phi) is 6.08. The zero-order valence-corrected chi connectivity index (χ0v) is 16.1. The van der Waals surface area contributed by atoms with Gasteiger partial charge in [0.1, 0.15) is 0 Å². The Balaban J connectivity index is 1.80. The molecular weight excluding hydrogens is 296 g/mol. The van der Waals surface area contributed by atoms with Gasteiger partial charge in [-0.15, -0.1) is 0 Å². The fraction of sp³-hybridized carbons (Fsp3) is 0.667. The average Bonchev–Trinajstić information content (AvgIpc) is 3.07. The maximum atomic E-state index is 12.3. The Hall–Kier alpha value is -1.35. The number of likely N-dealkylation sites (tertiary alicyclic amines) is 1. The smallest absolute Gasteiger partial charge is 0.220 e. The van der Waals surface area contributed by atoms with Crippen LogP contribution in [0.15, 0.2) is 24.3 Å². The van der Waals surface area contributed by atoms with Gasteiger partial charge in [0.15, 0.2) is 0 Å². The number of rotatable bonds is 7. The Labute approximate surface area is 147 Å². The van der Waals surface area contributed by atoms with Crippen molar-refractivity contribution >= 4 is 5.91 Å². The molecule has 1 aromatic carbocycles. The molecule has 3 heteroatoms. The van der Waals surface area contributed by atoms with Crippen LogP contribution in [-0.2, 0) is 10.2 Å². The van der Waals surface area contributed by atoms with Gasteiger partial charge in [-0.3, -0.25) is 9.69 Å². The third-order valence-electron chi connectivity index (χ3n) is 5.49. The first kappa shape index (κ1) is 19.0. The maximum Gasteiger partial charge on any atom is 0.220 e. The fourth-order valence-corrected chi connectivity index (χ4v) is 3.41. The lowest BCUT2D eigenvalue weighted by Gasteiger charge is -2.35. The molecule has 0 unspecified atom stereocenters. The third-order valence-corrected chi connectivity index (χ3v) is 5.49. The summed E-state index contributed by atoms with van der Waals surface area (Å²) in [6.45, 7) is 14.1. The molecule has 0 saturated carbocycles. The summed E-state index contributed by atoms with van der Waals surface area (Å²) in [6, 6.07) is 8.67. The second-order valence-electron chi connectivity index (χ2n) is 8.53. The molecule has 134 valence electrons. The number of carbonyl (C=O) groups excluding carboxylic acids is 1. The molecule has 1 fully saturated rings. The highest BCUT2D eigenvalue weighted by Gasteiger charge is 2.29. The van der Waals surface area contributed by atoms with Crippen LogP contribution in [0.1, 0.15) is 64.5 Å². The minimum Gasteiger partial charge on any atom is -0.354 e. The highest BCUT2D eigenvalue weighted by molar-refractivity contribution is 5.76. The van der Waals surface area contributed by atoms with Crippen LogP contribution >= 0.6 is 0 Å². The molecule has 0 atom stereocenters. The van der Waals surface area contributed by atoms with Crippen molar-refractivity contribution in [3.63, 3.8) is 0 Å². The van der Waals surface area contributed by atoms with Crippen molar-refractivity contribution in [2.45, 2.75) is 71.3 Å². The molecule has 1 amide bonds. The quantitative estimate of drug-likeness (QED) is 0.818. The van der Waals surface area contributed by atoms with E-state index >= 15 is 0 Å². The van der Waals surface area contributed by atoms with E-state index in [4.69, 9.17) is 0 Å². The summed E-state index contributed by atoms with van der Waals surface area (Å²) in [5.41, 5.74) is 2.66. The van der Waals surface area contributed by atoms with Gasteiger partial charge < -0.3 is 5.32 Å². The zero-order valence-electron chi connectivity index (χ0n) is 16.1. The molecule has 1 aliphatic heterocycles. The highest BCUT2D eigenvalue weighted by atomic mass is 16.1. The average molecular weight is 331 g/mol. The van der Waals surface area contributed by atoms with Gasteiger partial charge in [-0.2, -0.15) is 0 Å². The van der Waals surface area contributed by atoms with E-state index in [2.05, 4.69) is 69.1 Å². The van der Waals surface area contributed by atoms with E-state index in [0.29, 0.717) is 6.42 Å². The van der Waals surface area contributed by atoms with Gasteiger partial charge in [-0.25, -0.2) is 0 Å². The molecular formula is C21H34N2O. The first-order valence-electron chi connectivity index (χ1n) is 9.30. The van der Waals surface area contributed by atoms with E-state index in [1.165, 1.54) is 24.0 Å². The molecule has 0 radical (unpaired) electrons. The van der Waals surface area contributed by atoms with Crippen molar-refractivity contribution in [2.24, 2.45) is 0 Å². The van der Waals surface area contributed by atoms with Crippen molar-refractivity contribution in [3.05, 3.63) is 35.4 Å². The molecule has 1 N–H and O–H groups in total. The summed E-state index contributed by atoms with van der Waals surface area (Å²) >= 11 is 0. The lowest BCUT2D eigenvalue weighted by Crippen LogP contribution is -2.50. The number of benzene rings is 1. The minimum atomic E-state index is 0.0233. The standard InChI is InChI=1S/C21H34N2O/c1-17-8-10-18(11-9-17)20(2,3)13-12-19(24)22-16-21(4,5)23-14-6-7-15-23/h8-11H,6-7,12-16H2,1-5H3,(H,22,24). The van der Waals surface area contributed by atoms with Gasteiger partial charge in [0.2, 0.25) is 5.91 Å². The van der Waals surface area contributed by atoms with Crippen LogP contribution in [0, 0.1) is 6.92 Å². The Morgan fingerprint density at radius 3 is 2.25 bits per heavy atom. The minimum absolute atomic E-state index is 0.0233. The monoisotopic (exact) mass is 330 g/mol. The van der Waals surface area contributed by atoms with E-state index in [9.17, 15) is 4.79 Å². The van der Waals surface area contributed by atoms with E-state index in [1.54, 1.807) is 0 Å². The predicted octanol–water partition coefficient (Wildman–Crippen LogP) is 4.04. The molecule has 1 heterocycles. The van der Waals surface area contributed by atoms with E-state index in [-0.39, 0.29) is 16.9 Å². The normalized spacial score (nSPS) is 16.4. The van der Waals surface area contributed by atoms with E-state index < -0.39 is 0 Å². The van der Waals surface area contributed by atoms with Gasteiger partial charge in [0, 0.05) is 18.5 Å². The number of nitrogens with zero attached hydrogens (tertiary/aromatic N) is 1. The van der Waals surface area contributed by atoms with Crippen molar-refractivity contribution in [3.8, 4) is 0 Å². The van der Waals surface area contributed by atoms with Crippen LogP contribution in [0.5, 0.6) is 0 Å². The number of aryl methyl sites for hydroxylation is 1. The van der Waals surface area contributed by atoms with Crippen LogP contribution in [0.2, 0.25) is 0 Å². The second kappa shape index (κ2) is 7.69. The lowest BCUT2D eigenvalue weighted by atomic mass is 9.80. The summed E-state index contributed by atoms with van der Waals surface area (Å²) in [7, 11) is 0. The van der Waals surface area contributed by atoms with Crippen LogP contribution < -0.4 is 5.32 Å². The number of hydrogen-bond acceptors (Lipinski definition) is 2. The lowest BCUT2D eigenvalue weighted by molar-refractivity contribution is -0.122. The third kappa shape index (κ3) is 5.07. The molecule has 24 heavy (non-hydrogen) atoms. The Morgan fingerprint density at radius 1 is 1.08 bits per heavy atom. The molecule has 1 saturated heterocycles. The number of hydrogen-bond donors (Lipinski definition) is 1. The van der Waals surface area contributed by atoms with Crippen molar-refractivity contribution in [2.75, 3.05) is 19.6 Å². The molecule has 1 aliphatic rings. The van der Waals surface area contributed by atoms with Gasteiger partial charge in [0.25, 0.3) is 0 Å². The summed E-state index contributed by atoms with van der Waals surface area (Å²) in [4.78, 5) is 14.8. The van der Waals surface area contributed by atoms with E-state index in [0.717, 1.165) is 26.1 Å². The van der Waals surface area contributed by atoms with Gasteiger partial charge in [0.05, 0.1) is 0 Å². The number of nitrogens with one attached hydrogen (secondary N) is 1. The van der Waals surface area contributed by atoms with Crippen LogP contribution in [0.3, 0.4) is 0 Å². The van der Waals surface area contributed by atoms with Gasteiger partial charge in [-0.1, -0.05) is 43.7 Å². The SMILES string of the molecule is Cc1ccc(C(C)(C)CCC(=O)NCC(C)(C)N2CCCC2)cc1. The number of carbonyl (C=O) groups is 1. The topological polar surface area (TPSA) is 32.3 Å². The van der Waals surface area contributed by atoms with Crippen molar-refractivity contribution < 1.29 is 4.79 Å². The highest BCUT2D eigenvalue weighted by Crippen LogP contribution is 2.28. The molecule has 0 aromatic heterocycles. The summed E-state index contributed by atoms with van der Waals surface area (Å²) in [6.07, 6.45) is 4.01. The number of amides is 1. The predicted molar refractivity (Wildman–Crippen MR) is 101 cm³/mol. The van der Waals surface area contributed by atoms with E-state index in [1.807, 2.05) is 0 Å². The van der Waals surface area contributed by atoms with Crippen LogP contribution in [-0.4, -0.2) is 36.0 Å². The fourth-order valence-electron chi connectivity index (χ4n) is 3.41. The van der Waals surface area contributed by atoms with Gasteiger partial charge in [-0.05, 0) is 64.1 Å². The second-order valence-corrected chi connectivity index (χ2v) is 8.53. The van der Waals surface area contributed by atoms with Crippen molar-refractivity contribution in [1.82, 2.24) is 10.2 Å². The molecule has 0 spiro atoms. The molecule has 3 nitrogen and oxygen atoms in total. The van der Waals surface area contributed by atoms with Crippen LogP contribution in [0.4, 0.5) is 0 Å². The Bertz CT molecular complexity index is 539. The first-order valence-corrected chi connectivity index (χ1v) is 9.30. The Morgan fingerprint density at radius 2 is 1.67 bits per heavy atom. The summed E-state index contributed by atoms with van der Waals surface area (Å²) < 4.78 is 0. The molecule has 0 bridgehead atoms. The zero-order chi connectivity index (χ0) is 17.8. The van der Waals surface area contributed by atoms with Crippen LogP contribution in [0.25, 0.3) is 0 Å². The maximum absolute atomic E-state index is 12.3. The summed E-state index contributed by atoms with van der Waals surface area (Å²) in [5.74, 6) is 0.169. The molecule has 2 rings (SSSR count). The van der Waals surface area contributed by atoms with Crippen molar-refractivity contribution in [1.29, 1.82) is 0 Å². The first-order chi connectivity index (χ1) is 11.2. The summed E-state index contributed by atoms with van der Waals surface area (Å²) in [5, 5.41) is 3.15. The molecule has 0 aliphatic carbocycles.